The molecular weight excluding hydrogens is 681 g/mol. The van der Waals surface area contributed by atoms with Crippen molar-refractivity contribution in [3.05, 3.63) is 74.4 Å². The highest BCUT2D eigenvalue weighted by atomic mass is 127. The lowest BCUT2D eigenvalue weighted by Crippen LogP contribution is -2.54. The van der Waals surface area contributed by atoms with Gasteiger partial charge in [-0.3, -0.25) is 19.7 Å². The number of halogens is 1. The van der Waals surface area contributed by atoms with Crippen molar-refractivity contribution in [2.45, 2.75) is 27.2 Å². The van der Waals surface area contributed by atoms with E-state index in [4.69, 9.17) is 18.9 Å². The third-order valence-electron chi connectivity index (χ3n) is 6.67. The number of nitrogens with zero attached hydrogens (tertiary/aromatic N) is 1. The van der Waals surface area contributed by atoms with Gasteiger partial charge in [-0.05, 0) is 102 Å². The molecule has 1 saturated heterocycles. The number of barbiturate groups is 1. The topological polar surface area (TPSA) is 132 Å². The van der Waals surface area contributed by atoms with Crippen LogP contribution < -0.4 is 34.5 Å². The lowest BCUT2D eigenvalue weighted by molar-refractivity contribution is -0.122. The Labute approximate surface area is 268 Å². The number of benzene rings is 3. The molecule has 4 rings (SSSR count). The van der Waals surface area contributed by atoms with E-state index in [0.717, 1.165) is 22.4 Å². The maximum atomic E-state index is 13.5. The Hall–Kier alpha value is -4.59. The molecule has 1 aliphatic heterocycles. The highest BCUT2D eigenvalue weighted by Crippen LogP contribution is 2.36. The van der Waals surface area contributed by atoms with Gasteiger partial charge < -0.3 is 24.3 Å². The summed E-state index contributed by atoms with van der Waals surface area (Å²) in [5.41, 5.74) is 3.19. The van der Waals surface area contributed by atoms with Crippen LogP contribution in [0.4, 0.5) is 16.2 Å². The van der Waals surface area contributed by atoms with Crippen LogP contribution in [0.1, 0.15) is 30.0 Å². The zero-order valence-corrected chi connectivity index (χ0v) is 27.1. The van der Waals surface area contributed by atoms with Crippen LogP contribution in [0.15, 0.2) is 54.1 Å². The van der Waals surface area contributed by atoms with Crippen LogP contribution >= 0.6 is 22.6 Å². The molecule has 44 heavy (non-hydrogen) atoms. The monoisotopic (exact) mass is 713 g/mol. The predicted molar refractivity (Wildman–Crippen MR) is 174 cm³/mol. The molecule has 1 heterocycles. The molecule has 1 aliphatic rings. The molecule has 0 spiro atoms. The number of ether oxygens (including phenoxy) is 4. The molecular formula is C32H32IN3O8. The number of hydrogen-bond acceptors (Lipinski definition) is 8. The van der Waals surface area contributed by atoms with Gasteiger partial charge in [0.15, 0.2) is 29.6 Å². The van der Waals surface area contributed by atoms with Crippen molar-refractivity contribution in [1.82, 2.24) is 5.32 Å². The summed E-state index contributed by atoms with van der Waals surface area (Å²) in [5.74, 6) is -0.624. The van der Waals surface area contributed by atoms with Gasteiger partial charge in [-0.1, -0.05) is 13.0 Å². The lowest BCUT2D eigenvalue weighted by atomic mass is 10.1. The van der Waals surface area contributed by atoms with E-state index in [1.54, 1.807) is 18.2 Å². The van der Waals surface area contributed by atoms with E-state index < -0.39 is 17.8 Å². The number of urea groups is 1. The second kappa shape index (κ2) is 14.3. The highest BCUT2D eigenvalue weighted by molar-refractivity contribution is 14.1. The minimum Gasteiger partial charge on any atom is -0.493 e. The van der Waals surface area contributed by atoms with Crippen molar-refractivity contribution in [1.29, 1.82) is 0 Å². The zero-order chi connectivity index (χ0) is 32.0. The Bertz CT molecular complexity index is 1650. The van der Waals surface area contributed by atoms with Crippen molar-refractivity contribution in [3.63, 3.8) is 0 Å². The summed E-state index contributed by atoms with van der Waals surface area (Å²) in [5, 5.41) is 5.02. The van der Waals surface area contributed by atoms with Crippen molar-refractivity contribution in [2.75, 3.05) is 37.7 Å². The lowest BCUT2D eigenvalue weighted by Gasteiger charge is -2.27. The molecule has 0 atom stereocenters. The van der Waals surface area contributed by atoms with Crippen molar-refractivity contribution in [3.8, 4) is 23.0 Å². The number of nitrogens with one attached hydrogen (secondary N) is 2. The molecule has 0 bridgehead atoms. The largest absolute Gasteiger partial charge is 0.493 e. The third kappa shape index (κ3) is 7.30. The predicted octanol–water partition coefficient (Wildman–Crippen LogP) is 5.40. The molecule has 0 saturated carbocycles. The van der Waals surface area contributed by atoms with Crippen LogP contribution in [-0.2, 0) is 14.4 Å². The number of imide groups is 2. The van der Waals surface area contributed by atoms with E-state index in [0.29, 0.717) is 38.7 Å². The summed E-state index contributed by atoms with van der Waals surface area (Å²) in [4.78, 5) is 52.4. The number of rotatable bonds is 11. The van der Waals surface area contributed by atoms with E-state index in [-0.39, 0.29) is 29.5 Å². The first-order chi connectivity index (χ1) is 21.1. The molecule has 11 nitrogen and oxygen atoms in total. The van der Waals surface area contributed by atoms with Gasteiger partial charge in [0.1, 0.15) is 5.57 Å². The van der Waals surface area contributed by atoms with E-state index in [9.17, 15) is 19.2 Å². The number of hydrogen-bond donors (Lipinski definition) is 2. The van der Waals surface area contributed by atoms with Gasteiger partial charge in [-0.15, -0.1) is 0 Å². The van der Waals surface area contributed by atoms with Crippen molar-refractivity contribution in [2.24, 2.45) is 0 Å². The second-order valence-electron chi connectivity index (χ2n) is 9.81. The Kier molecular flexibility index (Phi) is 10.5. The van der Waals surface area contributed by atoms with Gasteiger partial charge in [0.2, 0.25) is 0 Å². The maximum absolute atomic E-state index is 13.5. The summed E-state index contributed by atoms with van der Waals surface area (Å²) < 4.78 is 22.9. The Morgan fingerprint density at radius 3 is 2.36 bits per heavy atom. The van der Waals surface area contributed by atoms with Crippen LogP contribution in [-0.4, -0.2) is 51.2 Å². The van der Waals surface area contributed by atoms with Crippen molar-refractivity contribution < 1.29 is 38.1 Å². The first-order valence-electron chi connectivity index (χ1n) is 13.7. The van der Waals surface area contributed by atoms with Gasteiger partial charge >= 0.3 is 6.03 Å². The van der Waals surface area contributed by atoms with E-state index in [2.05, 4.69) is 10.6 Å². The summed E-state index contributed by atoms with van der Waals surface area (Å²) in [6.45, 7) is 6.11. The SMILES string of the molecule is CCCOc1ccc(N2C(=O)NC(=O)/C(=C/c3cc(I)c(OCC(=O)Nc4ccc(C)c(C)c4)c(OC)c3)C2=O)cc1OC. The second-order valence-corrected chi connectivity index (χ2v) is 11.0. The third-order valence-corrected chi connectivity index (χ3v) is 7.47. The smallest absolute Gasteiger partial charge is 0.335 e. The summed E-state index contributed by atoms with van der Waals surface area (Å²) in [7, 11) is 2.88. The Morgan fingerprint density at radius 1 is 0.932 bits per heavy atom. The maximum Gasteiger partial charge on any atom is 0.335 e. The summed E-state index contributed by atoms with van der Waals surface area (Å²) in [6, 6.07) is 12.6. The number of aryl methyl sites for hydroxylation is 2. The fourth-order valence-electron chi connectivity index (χ4n) is 4.30. The van der Waals surface area contributed by atoms with E-state index in [1.807, 2.05) is 61.6 Å². The fraction of sp³-hybridized carbons (Fsp3) is 0.250. The molecule has 5 amide bonds. The average molecular weight is 714 g/mol. The molecule has 0 radical (unpaired) electrons. The van der Waals surface area contributed by atoms with Crippen LogP contribution in [0.5, 0.6) is 23.0 Å². The molecule has 12 heteroatoms. The van der Waals surface area contributed by atoms with Crippen molar-refractivity contribution >= 4 is 63.8 Å². The number of anilines is 2. The van der Waals surface area contributed by atoms with Gasteiger partial charge in [0.05, 0.1) is 30.1 Å². The minimum absolute atomic E-state index is 0.196. The molecule has 3 aromatic rings. The fourth-order valence-corrected chi connectivity index (χ4v) is 5.08. The molecule has 0 unspecified atom stereocenters. The summed E-state index contributed by atoms with van der Waals surface area (Å²) >= 11 is 2.01. The highest BCUT2D eigenvalue weighted by Gasteiger charge is 2.37. The molecule has 1 fully saturated rings. The zero-order valence-electron chi connectivity index (χ0n) is 24.9. The number of methoxy groups -OCH3 is 2. The number of amides is 5. The molecule has 230 valence electrons. The minimum atomic E-state index is -0.892. The molecule has 0 aliphatic carbocycles. The number of carbonyl (C=O) groups is 4. The van der Waals surface area contributed by atoms with Gasteiger partial charge in [-0.2, -0.15) is 0 Å². The van der Waals surface area contributed by atoms with Crippen LogP contribution in [0.3, 0.4) is 0 Å². The van der Waals surface area contributed by atoms with Gasteiger partial charge in [0.25, 0.3) is 17.7 Å². The normalized spacial score (nSPS) is 13.9. The first kappa shape index (κ1) is 32.3. The average Bonchev–Trinajstić information content (AvgIpc) is 2.99. The van der Waals surface area contributed by atoms with Gasteiger partial charge in [-0.25, -0.2) is 9.69 Å². The quantitative estimate of drug-likeness (QED) is 0.154. The summed E-state index contributed by atoms with van der Waals surface area (Å²) in [6.07, 6.45) is 2.14. The molecule has 3 aromatic carbocycles. The van der Waals surface area contributed by atoms with Crippen LogP contribution in [0.25, 0.3) is 6.08 Å². The van der Waals surface area contributed by atoms with E-state index >= 15 is 0 Å². The molecule has 2 N–H and O–H groups in total. The number of carbonyl (C=O) groups excluding carboxylic acids is 4. The Morgan fingerprint density at radius 2 is 1.68 bits per heavy atom. The van der Waals surface area contributed by atoms with Crippen LogP contribution in [0, 0.1) is 17.4 Å². The Balaban J connectivity index is 1.56. The first-order valence-corrected chi connectivity index (χ1v) is 14.7. The van der Waals surface area contributed by atoms with Gasteiger partial charge in [0, 0.05) is 11.8 Å². The standard InChI is InChI=1S/C32H32IN3O8/c1-6-11-43-25-10-9-22(16-26(25)41-4)36-31(39)23(30(38)35-32(36)40)13-20-14-24(33)29(27(15-20)42-5)44-17-28(37)34-21-8-7-18(2)19(3)12-21/h7-10,12-16H,6,11,17H2,1-5H3,(H,34,37)(H,35,38,40)/b23-13-. The van der Waals surface area contributed by atoms with E-state index in [1.165, 1.54) is 32.4 Å². The molecule has 0 aromatic heterocycles. The van der Waals surface area contributed by atoms with Crippen LogP contribution in [0.2, 0.25) is 0 Å².